The number of alkyl halides is 3. The molecule has 5 nitrogen and oxygen atoms in total. The molecule has 2 aromatic carbocycles. The molecule has 0 atom stereocenters. The van der Waals surface area contributed by atoms with E-state index in [2.05, 4.69) is 10.2 Å². The molecule has 1 N–H and O–H groups in total. The van der Waals surface area contributed by atoms with E-state index in [1.807, 2.05) is 19.1 Å². The monoisotopic (exact) mass is 440 g/mol. The van der Waals surface area contributed by atoms with Crippen LogP contribution in [0.3, 0.4) is 0 Å². The van der Waals surface area contributed by atoms with Gasteiger partial charge in [-0.25, -0.2) is 4.79 Å². The van der Waals surface area contributed by atoms with Gasteiger partial charge >= 0.3 is 12.1 Å². The Kier molecular flexibility index (Phi) is 6.43. The molecule has 1 heterocycles. The van der Waals surface area contributed by atoms with Crippen molar-refractivity contribution in [1.82, 2.24) is 10.2 Å². The number of rotatable bonds is 7. The Hall–Kier alpha value is -2.59. The molecular weight excluding hydrogens is 425 g/mol. The maximum absolute atomic E-state index is 12.7. The Morgan fingerprint density at radius 2 is 1.90 bits per heavy atom. The van der Waals surface area contributed by atoms with E-state index in [0.717, 1.165) is 27.6 Å². The van der Waals surface area contributed by atoms with Crippen molar-refractivity contribution in [1.29, 1.82) is 0 Å². The molecule has 0 spiro atoms. The summed E-state index contributed by atoms with van der Waals surface area (Å²) in [6.07, 6.45) is -4.37. The third-order valence-corrected chi connectivity index (χ3v) is 5.95. The van der Waals surface area contributed by atoms with Gasteiger partial charge in [-0.3, -0.25) is 0 Å². The number of hydrogen-bond acceptors (Lipinski definition) is 6. The van der Waals surface area contributed by atoms with Gasteiger partial charge in [0.25, 0.3) is 0 Å². The summed E-state index contributed by atoms with van der Waals surface area (Å²) >= 11 is 2.85. The van der Waals surface area contributed by atoms with Crippen LogP contribution in [0.5, 0.6) is 5.75 Å². The van der Waals surface area contributed by atoms with E-state index < -0.39 is 24.3 Å². The normalized spacial score (nSPS) is 11.4. The maximum Gasteiger partial charge on any atom is 0.416 e. The summed E-state index contributed by atoms with van der Waals surface area (Å²) in [6.45, 7) is 1.43. The van der Waals surface area contributed by atoms with Crippen LogP contribution in [0, 0.1) is 6.92 Å². The lowest BCUT2D eigenvalue weighted by Gasteiger charge is -2.08. The second-order valence-electron chi connectivity index (χ2n) is 5.97. The van der Waals surface area contributed by atoms with Crippen molar-refractivity contribution in [3.8, 4) is 16.3 Å². The smallest absolute Gasteiger partial charge is 0.416 e. The molecule has 0 aliphatic heterocycles. The van der Waals surface area contributed by atoms with Crippen molar-refractivity contribution in [2.24, 2.45) is 0 Å². The minimum atomic E-state index is -4.37. The zero-order chi connectivity index (χ0) is 21.0. The Balaban J connectivity index is 1.62. The summed E-state index contributed by atoms with van der Waals surface area (Å²) in [5.74, 6) is 0.0211. The number of halogens is 3. The number of carboxylic acid groups (broad SMARTS) is 1. The first-order valence-corrected chi connectivity index (χ1v) is 10.1. The fraction of sp³-hybridized carbons (Fsp3) is 0.211. The lowest BCUT2D eigenvalue weighted by atomic mass is 10.1. The molecule has 0 unspecified atom stereocenters. The first-order valence-electron chi connectivity index (χ1n) is 8.30. The summed E-state index contributed by atoms with van der Waals surface area (Å²) in [5, 5.41) is 18.1. The molecule has 3 rings (SSSR count). The molecule has 0 aliphatic rings. The molecule has 0 saturated carbocycles. The van der Waals surface area contributed by atoms with Crippen molar-refractivity contribution in [3.63, 3.8) is 0 Å². The van der Waals surface area contributed by atoms with E-state index in [9.17, 15) is 18.0 Å². The third kappa shape index (κ3) is 5.70. The third-order valence-electron chi connectivity index (χ3n) is 3.79. The summed E-state index contributed by atoms with van der Waals surface area (Å²) in [7, 11) is 0. The number of ether oxygens (including phenoxy) is 1. The number of hydrogen-bond donors (Lipinski definition) is 1. The molecule has 10 heteroatoms. The van der Waals surface area contributed by atoms with Crippen molar-refractivity contribution < 1.29 is 27.8 Å². The average Bonchev–Trinajstić information content (AvgIpc) is 3.14. The number of carboxylic acids is 1. The van der Waals surface area contributed by atoms with Gasteiger partial charge in [-0.05, 0) is 42.8 Å². The predicted octanol–water partition coefficient (Wildman–Crippen LogP) is 5.29. The van der Waals surface area contributed by atoms with E-state index in [1.165, 1.54) is 35.2 Å². The number of aliphatic carboxylic acids is 1. The molecule has 0 saturated heterocycles. The van der Waals surface area contributed by atoms with E-state index in [1.54, 1.807) is 6.07 Å². The van der Waals surface area contributed by atoms with E-state index in [0.29, 0.717) is 22.1 Å². The van der Waals surface area contributed by atoms with Crippen LogP contribution in [0.15, 0.2) is 47.4 Å². The number of benzene rings is 2. The molecule has 0 radical (unpaired) electrons. The molecule has 0 aliphatic carbocycles. The van der Waals surface area contributed by atoms with Gasteiger partial charge in [-0.15, -0.1) is 22.0 Å². The van der Waals surface area contributed by atoms with Crippen LogP contribution in [0.1, 0.15) is 16.1 Å². The van der Waals surface area contributed by atoms with Crippen molar-refractivity contribution in [2.45, 2.75) is 23.7 Å². The molecule has 3 aromatic rings. The van der Waals surface area contributed by atoms with Crippen LogP contribution in [0.25, 0.3) is 10.6 Å². The largest absolute Gasteiger partial charge is 0.482 e. The van der Waals surface area contributed by atoms with Crippen molar-refractivity contribution in [3.05, 3.63) is 58.6 Å². The van der Waals surface area contributed by atoms with Gasteiger partial charge in [0.1, 0.15) is 15.8 Å². The predicted molar refractivity (Wildman–Crippen MR) is 104 cm³/mol. The molecule has 29 heavy (non-hydrogen) atoms. The van der Waals surface area contributed by atoms with Crippen LogP contribution in [0.2, 0.25) is 0 Å². The van der Waals surface area contributed by atoms with Crippen LogP contribution < -0.4 is 4.74 Å². The number of aryl methyl sites for hydroxylation is 1. The highest BCUT2D eigenvalue weighted by atomic mass is 32.2. The Bertz CT molecular complexity index is 1000. The van der Waals surface area contributed by atoms with Crippen LogP contribution in [-0.4, -0.2) is 27.9 Å². The Labute approximate surface area is 172 Å². The minimum absolute atomic E-state index is 0.398. The molecular formula is C19H15F3N2O3S2. The van der Waals surface area contributed by atoms with Gasteiger partial charge < -0.3 is 9.84 Å². The molecule has 1 aromatic heterocycles. The zero-order valence-electron chi connectivity index (χ0n) is 15.1. The first-order chi connectivity index (χ1) is 13.7. The lowest BCUT2D eigenvalue weighted by Crippen LogP contribution is -2.09. The van der Waals surface area contributed by atoms with E-state index >= 15 is 0 Å². The number of thioether (sulfide) groups is 1. The maximum atomic E-state index is 12.7. The van der Waals surface area contributed by atoms with Gasteiger partial charge in [0.2, 0.25) is 0 Å². The first kappa shape index (κ1) is 21.1. The number of nitrogens with zero attached hydrogens (tertiary/aromatic N) is 2. The summed E-state index contributed by atoms with van der Waals surface area (Å²) in [4.78, 5) is 11.5. The van der Waals surface area contributed by atoms with E-state index in [4.69, 9.17) is 9.84 Å². The van der Waals surface area contributed by atoms with Crippen LogP contribution in [-0.2, 0) is 16.7 Å². The van der Waals surface area contributed by atoms with Gasteiger partial charge in [-0.1, -0.05) is 23.5 Å². The zero-order valence-corrected chi connectivity index (χ0v) is 16.7. The lowest BCUT2D eigenvalue weighted by molar-refractivity contribution is -0.139. The summed E-state index contributed by atoms with van der Waals surface area (Å²) < 4.78 is 43.2. The summed E-state index contributed by atoms with van der Waals surface area (Å²) in [5.41, 5.74) is 0.703. The fourth-order valence-corrected chi connectivity index (χ4v) is 4.21. The van der Waals surface area contributed by atoms with E-state index in [-0.39, 0.29) is 0 Å². The molecule has 0 amide bonds. The Morgan fingerprint density at radius 3 is 2.52 bits per heavy atom. The number of carbonyl (C=O) groups is 1. The van der Waals surface area contributed by atoms with Crippen molar-refractivity contribution in [2.75, 3.05) is 6.61 Å². The van der Waals surface area contributed by atoms with Gasteiger partial charge in [0.15, 0.2) is 6.61 Å². The molecule has 152 valence electrons. The highest BCUT2D eigenvalue weighted by Crippen LogP contribution is 2.33. The Morgan fingerprint density at radius 1 is 1.17 bits per heavy atom. The standard InChI is InChI=1S/C19H15F3N2O3S2/c1-11-8-14(6-7-15(11)27-9-17(25)26)28-10-16-23-24-18(29-16)12-2-4-13(5-3-12)19(20,21)22/h2-8H,9-10H2,1H3,(H,25,26). The molecule has 0 bridgehead atoms. The minimum Gasteiger partial charge on any atom is -0.482 e. The van der Waals surface area contributed by atoms with Gasteiger partial charge in [-0.2, -0.15) is 13.2 Å². The second kappa shape index (κ2) is 8.83. The SMILES string of the molecule is Cc1cc(SCc2nnc(-c3ccc(C(F)(F)F)cc3)s2)ccc1OCC(=O)O. The van der Waals surface area contributed by atoms with Crippen LogP contribution in [0.4, 0.5) is 13.2 Å². The average molecular weight is 440 g/mol. The highest BCUT2D eigenvalue weighted by molar-refractivity contribution is 7.98. The quantitative estimate of drug-likeness (QED) is 0.504. The fourth-order valence-electron chi connectivity index (χ4n) is 2.39. The second-order valence-corrected chi connectivity index (χ2v) is 8.09. The van der Waals surface area contributed by atoms with Gasteiger partial charge in [0, 0.05) is 10.5 Å². The summed E-state index contributed by atoms with van der Waals surface area (Å²) in [6, 6.07) is 10.3. The topological polar surface area (TPSA) is 72.3 Å². The van der Waals surface area contributed by atoms with Crippen molar-refractivity contribution >= 4 is 29.1 Å². The molecule has 0 fully saturated rings. The number of aromatic nitrogens is 2. The highest BCUT2D eigenvalue weighted by Gasteiger charge is 2.30. The van der Waals surface area contributed by atoms with Gasteiger partial charge in [0.05, 0.1) is 11.3 Å². The van der Waals surface area contributed by atoms with Crippen LogP contribution >= 0.6 is 23.1 Å².